The molecule has 15 heterocycles. The Labute approximate surface area is 831 Å². The smallest absolute Gasteiger partial charge is 0.257 e. The molecule has 2 atom stereocenters. The van der Waals surface area contributed by atoms with E-state index in [0.29, 0.717) is 82.3 Å². The minimum absolute atomic E-state index is 0.0324. The number of amides is 5. The molecule has 5 aliphatic rings. The van der Waals surface area contributed by atoms with Gasteiger partial charge in [-0.25, -0.2) is 71.8 Å². The predicted octanol–water partition coefficient (Wildman–Crippen LogP) is 10.7. The Balaban J connectivity index is 0.000000134. The summed E-state index contributed by atoms with van der Waals surface area (Å²) >= 11 is 0. The van der Waals surface area contributed by atoms with Gasteiger partial charge in [0.1, 0.15) is 157 Å². The Morgan fingerprint density at radius 3 is 1.03 bits per heavy atom. The number of carbonyl (C=O) groups is 5. The molecule has 52 heteroatoms. The molecule has 0 saturated heterocycles. The van der Waals surface area contributed by atoms with Crippen molar-refractivity contribution in [1.82, 2.24) is 124 Å². The van der Waals surface area contributed by atoms with E-state index >= 15 is 0 Å². The highest BCUT2D eigenvalue weighted by atomic mass is 19.1. The van der Waals surface area contributed by atoms with Crippen molar-refractivity contribution in [2.24, 2.45) is 5.41 Å². The van der Waals surface area contributed by atoms with Gasteiger partial charge >= 0.3 is 0 Å². The van der Waals surface area contributed by atoms with E-state index in [1.54, 1.807) is 76.4 Å². The van der Waals surface area contributed by atoms with Gasteiger partial charge in [0.05, 0.1) is 97.8 Å². The second-order valence-corrected chi connectivity index (χ2v) is 34.4. The summed E-state index contributed by atoms with van der Waals surface area (Å²) < 4.78 is 150. The highest BCUT2D eigenvalue weighted by Crippen LogP contribution is 2.38. The second kappa shape index (κ2) is 44.7. The van der Waals surface area contributed by atoms with E-state index in [-0.39, 0.29) is 165 Å². The molecule has 0 radical (unpaired) electrons. The topological polar surface area (TPSA) is 557 Å². The van der Waals surface area contributed by atoms with Crippen molar-refractivity contribution in [3.8, 4) is 29.4 Å². The minimum Gasteiger partial charge on any atom is -0.480 e. The van der Waals surface area contributed by atoms with E-state index in [4.69, 9.17) is 36.6 Å². The molecule has 760 valence electrons. The molecule has 0 aromatic carbocycles. The van der Waals surface area contributed by atoms with Crippen molar-refractivity contribution >= 4 is 144 Å². The number of carbonyl (C=O) groups excluding carboxylic acids is 5. The summed E-state index contributed by atoms with van der Waals surface area (Å²) in [5.74, 6) is 0.642. The van der Waals surface area contributed by atoms with Crippen molar-refractivity contribution in [2.45, 2.75) is 121 Å². The number of pyridine rings is 5. The van der Waals surface area contributed by atoms with Crippen molar-refractivity contribution in [3.05, 3.63) is 179 Å². The van der Waals surface area contributed by atoms with Gasteiger partial charge in [-0.2, -0.15) is 48.1 Å². The Kier molecular flexibility index (Phi) is 28.6. The highest BCUT2D eigenvalue weighted by Gasteiger charge is 2.40. The van der Waals surface area contributed by atoms with Crippen LogP contribution < -0.4 is 103 Å². The number of nitrogens with one attached hydrogen (secondary N) is 15. The molecule has 16 N–H and O–H groups in total. The Hall–Kier alpha value is -17.2. The number of fused-ring (bicyclic) bond motifs is 5. The lowest BCUT2D eigenvalue weighted by atomic mass is 9.93. The lowest BCUT2D eigenvalue weighted by Crippen LogP contribution is -2.39. The zero-order valence-electron chi connectivity index (χ0n) is 85.7. The first-order chi connectivity index (χ1) is 72.3. The number of aryl methyl sites for hydroxylation is 1. The van der Waals surface area contributed by atoms with Crippen LogP contribution in [0.5, 0.6) is 29.4 Å². The largest absolute Gasteiger partial charge is 0.480 e. The van der Waals surface area contributed by atoms with Gasteiger partial charge in [0.15, 0.2) is 28.2 Å². The first-order valence-corrected chi connectivity index (χ1v) is 45.6. The quantitative estimate of drug-likeness (QED) is 0.0128. The van der Waals surface area contributed by atoms with E-state index < -0.39 is 60.9 Å². The fourth-order valence-electron chi connectivity index (χ4n) is 14.2. The number of nitrogens with zero attached hydrogens (tertiary/aromatic N) is 20. The fraction of sp³-hybridized carbons (Fsp3) is 0.355. The monoisotopic (exact) mass is 2010 g/mol. The maximum atomic E-state index is 13.8. The number of aromatic nitrogens is 20. The normalized spacial score (nSPS) is 15.2. The number of hydrogen-bond donors (Lipinski definition) is 16. The first kappa shape index (κ1) is 92.8. The zero-order chi connectivity index (χ0) is 107. The van der Waals surface area contributed by atoms with Crippen molar-refractivity contribution in [3.63, 3.8) is 0 Å². The van der Waals surface area contributed by atoms with Crippen LogP contribution in [-0.2, 0) is 4.74 Å². The van der Waals surface area contributed by atoms with E-state index in [9.17, 15) is 51.0 Å². The number of anilines is 15. The van der Waals surface area contributed by atoms with Gasteiger partial charge < -0.3 is 113 Å². The Morgan fingerprint density at radius 1 is 0.414 bits per heavy atom. The standard InChI is InChI=1S/C20H23N7O2.C19H21F2N7O3.C19H24FN7O3.C18H20FN7O2.C17H18FN7O2/c1-11-7-15(20(22-9-11)29-13-5-6-13)25-16-8-17(21-2)27-18(26-16)14(10-23-27)19(28)24-12-3-4-12;1-22-16-7-15(25-14-5-10(20)8-23-19(14)31-4-3-30-2)27-17-11(9-24-28(16)17)18(29)26-13-6-12(13)21;1-19(2,10-28)9-23-17(29)12-8-24-27-15(21-3)6-14(26-16(12)27)25-13-5-11(20)7-22-18(13)30-4;1-20-15-7-14(24-13-6-10(19)8-21-18(13)28-2)25-16-12(9-22-26(15)16)17(27)23-11-4-3-5-11;1-19-14-6-13(23-12-5-9(18)7-20-17(12)27-2)24-15-11(8-21-25(14)15)16(26)22-10-3-4-10/h7-10,12-13,21H,3-6H2,1-2H3,(H,24,28)(H,25,26);5,7-9,12-13,22H,3-4,6H2,1-2H3,(H,25,27)(H,26,29);5-8,21,28H,9-10H2,1-4H3,(H,23,29)(H,25,26);6-9,11,20H,3-5H2,1-2H3,(H,23,27)(H,24,25);5-8,10,19H,3-4H2,1-2H3,(H,22,26)(H,23,24)/t;12-,13+;;;/m.1.../s1/i;;;2*2D3. The highest BCUT2D eigenvalue weighted by molar-refractivity contribution is 6.03. The van der Waals surface area contributed by atoms with Crippen LogP contribution in [-0.4, -0.2) is 259 Å². The van der Waals surface area contributed by atoms with Crippen molar-refractivity contribution in [1.29, 1.82) is 0 Å². The van der Waals surface area contributed by atoms with Crippen LogP contribution in [0.1, 0.15) is 144 Å². The van der Waals surface area contributed by atoms with Crippen LogP contribution in [0.25, 0.3) is 28.2 Å². The molecule has 0 spiro atoms. The molecular weight excluding hydrogens is 1890 g/mol. The van der Waals surface area contributed by atoms with E-state index in [0.717, 1.165) is 106 Å². The Bertz CT molecular complexity index is 7540. The molecule has 145 heavy (non-hydrogen) atoms. The van der Waals surface area contributed by atoms with Gasteiger partial charge in [-0.15, -0.1) is 0 Å². The number of rotatable bonds is 36. The Morgan fingerprint density at radius 2 is 0.731 bits per heavy atom. The van der Waals surface area contributed by atoms with Crippen molar-refractivity contribution in [2.75, 3.05) is 143 Å². The van der Waals surface area contributed by atoms with Crippen molar-refractivity contribution < 1.29 is 87.7 Å². The number of halogens is 5. The summed E-state index contributed by atoms with van der Waals surface area (Å²) in [5.41, 5.74) is 4.79. The van der Waals surface area contributed by atoms with Gasteiger partial charge in [-0.3, -0.25) is 24.0 Å². The van der Waals surface area contributed by atoms with Gasteiger partial charge in [-0.1, -0.05) is 13.8 Å². The van der Waals surface area contributed by atoms with E-state index in [1.807, 2.05) is 32.9 Å². The third-order valence-corrected chi connectivity index (χ3v) is 22.6. The molecule has 0 unspecified atom stereocenters. The number of alkyl halides is 1. The molecule has 20 rings (SSSR count). The summed E-state index contributed by atoms with van der Waals surface area (Å²) in [4.78, 5) is 105. The maximum Gasteiger partial charge on any atom is 0.257 e. The fourth-order valence-corrected chi connectivity index (χ4v) is 14.2. The van der Waals surface area contributed by atoms with Gasteiger partial charge in [-0.05, 0) is 76.3 Å². The summed E-state index contributed by atoms with van der Waals surface area (Å²) in [7, 11) is 5.94. The molecular formula is C93H106F5N35O12. The molecule has 0 bridgehead atoms. The lowest BCUT2D eigenvalue weighted by Gasteiger charge is -2.26. The third-order valence-electron chi connectivity index (χ3n) is 22.6. The number of ether oxygens (including phenoxy) is 6. The first-order valence-electron chi connectivity index (χ1n) is 48.6. The summed E-state index contributed by atoms with van der Waals surface area (Å²) in [6.07, 6.45) is 21.2. The van der Waals surface area contributed by atoms with Crippen LogP contribution in [0.15, 0.2) is 123 Å². The number of hydrogen-bond acceptors (Lipinski definition) is 37. The summed E-state index contributed by atoms with van der Waals surface area (Å²) in [6.45, 7) is 6.42. The molecule has 47 nitrogen and oxygen atoms in total. The van der Waals surface area contributed by atoms with Gasteiger partial charge in [0.25, 0.3) is 29.5 Å². The third kappa shape index (κ3) is 24.5. The van der Waals surface area contributed by atoms with Gasteiger partial charge in [0, 0.05) is 146 Å². The van der Waals surface area contributed by atoms with Crippen LogP contribution in [0.2, 0.25) is 0 Å². The molecule has 0 aliphatic heterocycles. The van der Waals surface area contributed by atoms with Crippen LogP contribution in [0.4, 0.5) is 109 Å². The summed E-state index contributed by atoms with van der Waals surface area (Å²) in [5, 5.41) is 74.6. The SMILES string of the molecule is CNc1cc(Nc2cc(C)cnc2OC2CC2)nc2c(C(=O)NC3CC3)cnn12.CNc1cc(Nc2cc(F)cnc2OC)nc2c(C(=O)NCC(C)(C)CO)cnn12.CNc1cc(Nc2cc(F)cnc2OCCOC)nc2c(C(=O)N[C@H]3C[C@H]3F)cnn12.[2H]C([2H])([2H])Oc1ncc(F)cc1Nc1cc(NC)n2ncc(C(=O)NC3CC3)c2n1.[2H]C([2H])([2H])Oc1ncc(F)cc1Nc1cc(NC)n2ncc(C(=O)NC3CCC3)c2n1. The molecule has 5 saturated carbocycles. The zero-order valence-corrected chi connectivity index (χ0v) is 79.7. The molecule has 15 aromatic rings. The minimum atomic E-state index is -2.77. The van der Waals surface area contributed by atoms with Crippen LogP contribution in [0.3, 0.4) is 0 Å². The lowest BCUT2D eigenvalue weighted by molar-refractivity contribution is 0.0906. The average Bonchev–Trinajstić information content (AvgIpc) is 1.65. The van der Waals surface area contributed by atoms with E-state index in [1.165, 1.54) is 69.2 Å². The average molecular weight is 2010 g/mol. The second-order valence-electron chi connectivity index (χ2n) is 34.4. The summed E-state index contributed by atoms with van der Waals surface area (Å²) in [6, 6.07) is 14.8. The maximum absolute atomic E-state index is 13.8. The van der Waals surface area contributed by atoms with Crippen LogP contribution >= 0.6 is 0 Å². The molecule has 5 fully saturated rings. The number of aliphatic hydroxyl groups excluding tert-OH is 1. The van der Waals surface area contributed by atoms with Crippen LogP contribution in [0, 0.1) is 35.6 Å². The van der Waals surface area contributed by atoms with Gasteiger partial charge in [0.2, 0.25) is 29.4 Å². The molecule has 15 aromatic heterocycles. The number of aliphatic hydroxyl groups is 1. The predicted molar refractivity (Wildman–Crippen MR) is 526 cm³/mol. The molecule has 5 aliphatic carbocycles. The molecule has 5 amide bonds. The van der Waals surface area contributed by atoms with E-state index in [2.05, 4.69) is 155 Å². The number of methoxy groups -OCH3 is 4.